The van der Waals surface area contributed by atoms with Crippen molar-refractivity contribution in [3.63, 3.8) is 0 Å². The molecule has 0 aromatic carbocycles. The Labute approximate surface area is 118 Å². The van der Waals surface area contributed by atoms with Crippen LogP contribution in [0.5, 0.6) is 0 Å². The first-order chi connectivity index (χ1) is 8.89. The van der Waals surface area contributed by atoms with Gasteiger partial charge >= 0.3 is 0 Å². The fourth-order valence-electron chi connectivity index (χ4n) is 2.57. The fourth-order valence-corrected chi connectivity index (χ4v) is 3.96. The van der Waals surface area contributed by atoms with Gasteiger partial charge in [0.15, 0.2) is 0 Å². The molecule has 1 saturated carbocycles. The van der Waals surface area contributed by atoms with Crippen LogP contribution in [0.2, 0.25) is 0 Å². The van der Waals surface area contributed by atoms with Crippen molar-refractivity contribution in [3.05, 3.63) is 0 Å². The normalized spacial score (nSPS) is 25.5. The highest BCUT2D eigenvalue weighted by Crippen LogP contribution is 2.23. The maximum atomic E-state index is 12.0. The van der Waals surface area contributed by atoms with E-state index in [1.54, 1.807) is 0 Å². The molecule has 19 heavy (non-hydrogen) atoms. The standard InChI is InChI=1S/C14H30N2O2S/c1-12(2)15-10-5-11-19(17,18)16-14-7-4-6-13(3)8-9-14/h12-16H,4-11H2,1-3H3. The molecule has 0 aromatic heterocycles. The third-order valence-corrected chi connectivity index (χ3v) is 5.26. The maximum absolute atomic E-state index is 12.0. The van der Waals surface area contributed by atoms with Gasteiger partial charge < -0.3 is 5.32 Å². The maximum Gasteiger partial charge on any atom is 0.211 e. The molecule has 0 aliphatic heterocycles. The largest absolute Gasteiger partial charge is 0.314 e. The minimum absolute atomic E-state index is 0.160. The van der Waals surface area contributed by atoms with E-state index < -0.39 is 10.0 Å². The Morgan fingerprint density at radius 3 is 2.58 bits per heavy atom. The highest BCUT2D eigenvalue weighted by Gasteiger charge is 2.20. The van der Waals surface area contributed by atoms with Crippen molar-refractivity contribution in [2.45, 2.75) is 71.4 Å². The van der Waals surface area contributed by atoms with Crippen molar-refractivity contribution in [1.82, 2.24) is 10.0 Å². The minimum atomic E-state index is -3.10. The molecule has 114 valence electrons. The monoisotopic (exact) mass is 290 g/mol. The van der Waals surface area contributed by atoms with Crippen molar-refractivity contribution in [2.24, 2.45) is 5.92 Å². The van der Waals surface area contributed by atoms with Crippen molar-refractivity contribution in [2.75, 3.05) is 12.3 Å². The Morgan fingerprint density at radius 2 is 1.89 bits per heavy atom. The van der Waals surface area contributed by atoms with E-state index in [2.05, 4.69) is 30.8 Å². The summed E-state index contributed by atoms with van der Waals surface area (Å²) in [7, 11) is -3.10. The molecule has 4 nitrogen and oxygen atoms in total. The van der Waals surface area contributed by atoms with Gasteiger partial charge in [-0.15, -0.1) is 0 Å². The van der Waals surface area contributed by atoms with Crippen molar-refractivity contribution in [1.29, 1.82) is 0 Å². The van der Waals surface area contributed by atoms with Crippen LogP contribution < -0.4 is 10.0 Å². The van der Waals surface area contributed by atoms with Crippen LogP contribution in [0.4, 0.5) is 0 Å². The summed E-state index contributed by atoms with van der Waals surface area (Å²) in [6, 6.07) is 0.576. The van der Waals surface area contributed by atoms with Gasteiger partial charge in [0.2, 0.25) is 10.0 Å². The number of rotatable bonds is 7. The van der Waals surface area contributed by atoms with Gasteiger partial charge in [0.25, 0.3) is 0 Å². The molecule has 0 heterocycles. The molecule has 0 amide bonds. The lowest BCUT2D eigenvalue weighted by atomic mass is 10.0. The quantitative estimate of drug-likeness (QED) is 0.558. The summed E-state index contributed by atoms with van der Waals surface area (Å²) in [6.45, 7) is 7.16. The van der Waals surface area contributed by atoms with Crippen LogP contribution in [0.15, 0.2) is 0 Å². The second-order valence-electron chi connectivity index (χ2n) is 6.21. The lowest BCUT2D eigenvalue weighted by Gasteiger charge is -2.16. The van der Waals surface area contributed by atoms with Crippen LogP contribution >= 0.6 is 0 Å². The van der Waals surface area contributed by atoms with Crippen LogP contribution in [-0.2, 0) is 10.0 Å². The SMILES string of the molecule is CC1CCCC(NS(=O)(=O)CCCNC(C)C)CC1. The number of nitrogens with one attached hydrogen (secondary N) is 2. The smallest absolute Gasteiger partial charge is 0.211 e. The molecule has 2 unspecified atom stereocenters. The van der Waals surface area contributed by atoms with Gasteiger partial charge in [0.1, 0.15) is 0 Å². The summed E-state index contributed by atoms with van der Waals surface area (Å²) >= 11 is 0. The first kappa shape index (κ1) is 16.9. The molecule has 0 bridgehead atoms. The zero-order valence-electron chi connectivity index (χ0n) is 12.6. The molecule has 2 N–H and O–H groups in total. The number of hydrogen-bond donors (Lipinski definition) is 2. The average Bonchev–Trinajstić information content (AvgIpc) is 2.49. The Bertz CT molecular complexity index is 341. The first-order valence-electron chi connectivity index (χ1n) is 7.62. The van der Waals surface area contributed by atoms with E-state index in [-0.39, 0.29) is 11.8 Å². The van der Waals surface area contributed by atoms with E-state index >= 15 is 0 Å². The van der Waals surface area contributed by atoms with Crippen LogP contribution in [-0.4, -0.2) is 32.8 Å². The summed E-state index contributed by atoms with van der Waals surface area (Å²) < 4.78 is 26.9. The Hall–Kier alpha value is -0.130. The van der Waals surface area contributed by atoms with Gasteiger partial charge in [0, 0.05) is 12.1 Å². The lowest BCUT2D eigenvalue weighted by molar-refractivity contribution is 0.483. The van der Waals surface area contributed by atoms with E-state index in [9.17, 15) is 8.42 Å². The van der Waals surface area contributed by atoms with Gasteiger partial charge in [0.05, 0.1) is 5.75 Å². The molecule has 1 rings (SSSR count). The Morgan fingerprint density at radius 1 is 1.16 bits per heavy atom. The van der Waals surface area contributed by atoms with Crippen LogP contribution in [0.25, 0.3) is 0 Å². The van der Waals surface area contributed by atoms with E-state index in [4.69, 9.17) is 0 Å². The Kier molecular flexibility index (Phi) is 7.32. The second kappa shape index (κ2) is 8.22. The molecule has 2 atom stereocenters. The summed E-state index contributed by atoms with van der Waals surface area (Å²) in [5, 5.41) is 3.25. The predicted molar refractivity (Wildman–Crippen MR) is 80.7 cm³/mol. The number of hydrogen-bond acceptors (Lipinski definition) is 3. The molecule has 1 aliphatic rings. The van der Waals surface area contributed by atoms with E-state index in [1.165, 1.54) is 6.42 Å². The van der Waals surface area contributed by atoms with Crippen LogP contribution in [0, 0.1) is 5.92 Å². The minimum Gasteiger partial charge on any atom is -0.314 e. The molecular weight excluding hydrogens is 260 g/mol. The number of sulfonamides is 1. The fraction of sp³-hybridized carbons (Fsp3) is 1.00. The summed E-state index contributed by atoms with van der Waals surface area (Å²) in [5.74, 6) is 0.975. The van der Waals surface area contributed by atoms with Crippen molar-refractivity contribution >= 4 is 10.0 Å². The van der Waals surface area contributed by atoms with E-state index in [1.807, 2.05) is 0 Å². The zero-order chi connectivity index (χ0) is 14.3. The molecular formula is C14H30N2O2S. The molecule has 0 aromatic rings. The third-order valence-electron chi connectivity index (χ3n) is 3.75. The molecule has 0 radical (unpaired) electrons. The second-order valence-corrected chi connectivity index (χ2v) is 8.08. The van der Waals surface area contributed by atoms with Crippen molar-refractivity contribution in [3.8, 4) is 0 Å². The molecule has 0 spiro atoms. The highest BCUT2D eigenvalue weighted by atomic mass is 32.2. The third kappa shape index (κ3) is 7.90. The topological polar surface area (TPSA) is 58.2 Å². The highest BCUT2D eigenvalue weighted by molar-refractivity contribution is 7.89. The van der Waals surface area contributed by atoms with Gasteiger partial charge in [-0.05, 0) is 38.1 Å². The van der Waals surface area contributed by atoms with Gasteiger partial charge in [-0.3, -0.25) is 0 Å². The molecule has 1 aliphatic carbocycles. The van der Waals surface area contributed by atoms with Gasteiger partial charge in [-0.1, -0.05) is 33.6 Å². The summed E-state index contributed by atoms with van der Waals surface area (Å²) in [4.78, 5) is 0. The molecule has 5 heteroatoms. The zero-order valence-corrected chi connectivity index (χ0v) is 13.4. The average molecular weight is 290 g/mol. The molecule has 0 saturated heterocycles. The van der Waals surface area contributed by atoms with Crippen LogP contribution in [0.1, 0.15) is 59.3 Å². The summed E-state index contributed by atoms with van der Waals surface area (Å²) in [6.07, 6.45) is 6.18. The first-order valence-corrected chi connectivity index (χ1v) is 9.27. The summed E-state index contributed by atoms with van der Waals surface area (Å²) in [5.41, 5.74) is 0. The predicted octanol–water partition coefficient (Wildman–Crippen LogP) is 2.26. The molecule has 1 fully saturated rings. The Balaban J connectivity index is 2.29. The van der Waals surface area contributed by atoms with Gasteiger partial charge in [-0.2, -0.15) is 0 Å². The van der Waals surface area contributed by atoms with Gasteiger partial charge in [-0.25, -0.2) is 13.1 Å². The van der Waals surface area contributed by atoms with E-state index in [0.29, 0.717) is 12.5 Å². The lowest BCUT2D eigenvalue weighted by Crippen LogP contribution is -2.37. The van der Waals surface area contributed by atoms with Crippen LogP contribution in [0.3, 0.4) is 0 Å². The van der Waals surface area contributed by atoms with Crippen molar-refractivity contribution < 1.29 is 8.42 Å². The van der Waals surface area contributed by atoms with E-state index in [0.717, 1.165) is 38.1 Å².